The van der Waals surface area contributed by atoms with E-state index in [1.54, 1.807) is 16.8 Å². The molecule has 1 heterocycles. The standard InChI is InChI=1S/C29H40FN3O3/c1-27(35)13-14-29(17-36-3)18(15-27)7-8-19-20-9-10-22(28(20,2)12-11-21(19)29)25(34)16-33-24-6-4-5-23(30)26(24)31-32-33/h4-6,18-22,35H,7-17H2,1-3H3/t18-,19-,20-,21-,22+,27+,28-,29+/m0/s1. The van der Waals surface area contributed by atoms with Gasteiger partial charge in [0, 0.05) is 13.0 Å². The predicted molar refractivity (Wildman–Crippen MR) is 135 cm³/mol. The number of methoxy groups -OCH3 is 1. The number of rotatable bonds is 5. The lowest BCUT2D eigenvalue weighted by Gasteiger charge is -2.62. The fourth-order valence-corrected chi connectivity index (χ4v) is 9.64. The molecule has 36 heavy (non-hydrogen) atoms. The molecule has 2 aromatic rings. The van der Waals surface area contributed by atoms with Crippen LogP contribution in [-0.2, 0) is 16.1 Å². The van der Waals surface area contributed by atoms with Crippen LogP contribution in [0.2, 0.25) is 0 Å². The van der Waals surface area contributed by atoms with Crippen LogP contribution in [0.4, 0.5) is 4.39 Å². The van der Waals surface area contributed by atoms with Gasteiger partial charge in [0.15, 0.2) is 11.6 Å². The zero-order valence-electron chi connectivity index (χ0n) is 21.9. The van der Waals surface area contributed by atoms with Gasteiger partial charge in [-0.05, 0) is 111 Å². The Bertz CT molecular complexity index is 1160. The van der Waals surface area contributed by atoms with Crippen LogP contribution in [0.3, 0.4) is 0 Å². The van der Waals surface area contributed by atoms with Crippen LogP contribution < -0.4 is 0 Å². The van der Waals surface area contributed by atoms with Gasteiger partial charge < -0.3 is 9.84 Å². The Morgan fingerprint density at radius 2 is 1.97 bits per heavy atom. The Balaban J connectivity index is 1.24. The minimum absolute atomic E-state index is 0.00113. The molecule has 0 amide bonds. The van der Waals surface area contributed by atoms with E-state index in [1.165, 1.54) is 12.5 Å². The molecule has 6 rings (SSSR count). The molecule has 4 aliphatic rings. The van der Waals surface area contributed by atoms with E-state index in [4.69, 9.17) is 4.74 Å². The Kier molecular flexibility index (Phi) is 5.84. The van der Waals surface area contributed by atoms with Gasteiger partial charge in [0.05, 0.1) is 17.7 Å². The lowest BCUT2D eigenvalue weighted by Crippen LogP contribution is -2.58. The number of benzene rings is 1. The molecule has 4 fully saturated rings. The van der Waals surface area contributed by atoms with Gasteiger partial charge >= 0.3 is 0 Å². The van der Waals surface area contributed by atoms with Crippen molar-refractivity contribution < 1.29 is 19.0 Å². The van der Waals surface area contributed by atoms with Crippen molar-refractivity contribution in [3.05, 3.63) is 24.0 Å². The first-order valence-corrected chi connectivity index (χ1v) is 13.9. The Morgan fingerprint density at radius 3 is 2.78 bits per heavy atom. The van der Waals surface area contributed by atoms with E-state index in [0.29, 0.717) is 29.2 Å². The third kappa shape index (κ3) is 3.59. The molecular weight excluding hydrogens is 457 g/mol. The predicted octanol–water partition coefficient (Wildman–Crippen LogP) is 5.18. The average Bonchev–Trinajstić information content (AvgIpc) is 3.41. The zero-order valence-corrected chi connectivity index (χ0v) is 21.9. The molecule has 0 unspecified atom stereocenters. The molecule has 8 atom stereocenters. The average molecular weight is 498 g/mol. The maximum Gasteiger partial charge on any atom is 0.157 e. The second-order valence-electron chi connectivity index (χ2n) is 13.0. The molecule has 0 radical (unpaired) electrons. The molecule has 4 saturated carbocycles. The number of fused-ring (bicyclic) bond motifs is 6. The van der Waals surface area contributed by atoms with Gasteiger partial charge in [-0.2, -0.15) is 0 Å². The van der Waals surface area contributed by atoms with Gasteiger partial charge in [0.2, 0.25) is 0 Å². The molecule has 1 aromatic heterocycles. The van der Waals surface area contributed by atoms with Crippen LogP contribution >= 0.6 is 0 Å². The molecule has 1 aromatic carbocycles. The summed E-state index contributed by atoms with van der Waals surface area (Å²) >= 11 is 0. The topological polar surface area (TPSA) is 77.2 Å². The summed E-state index contributed by atoms with van der Waals surface area (Å²) in [6.07, 6.45) is 9.37. The minimum atomic E-state index is -0.558. The number of hydrogen-bond donors (Lipinski definition) is 1. The highest BCUT2D eigenvalue weighted by molar-refractivity contribution is 5.84. The SMILES string of the molecule is COC[C@]12CC[C@@](C)(O)C[C@@H]1CC[C@H]1[C@@H]3CC[C@H](C(=O)Cn4nnc5c(F)cccc54)[C@@]3(C)CC[C@@H]12. The van der Waals surface area contributed by atoms with Crippen molar-refractivity contribution in [1.29, 1.82) is 0 Å². The van der Waals surface area contributed by atoms with Gasteiger partial charge in [-0.15, -0.1) is 5.10 Å². The second kappa shape index (κ2) is 8.59. The molecule has 1 N–H and O–H groups in total. The minimum Gasteiger partial charge on any atom is -0.390 e. The van der Waals surface area contributed by atoms with Crippen molar-refractivity contribution in [3.63, 3.8) is 0 Å². The third-order valence-electron chi connectivity index (χ3n) is 11.3. The molecule has 0 saturated heterocycles. The van der Waals surface area contributed by atoms with Crippen LogP contribution in [0, 0.1) is 46.2 Å². The fourth-order valence-electron chi connectivity index (χ4n) is 9.64. The number of carbonyl (C=O) groups excluding carboxylic acids is 1. The summed E-state index contributed by atoms with van der Waals surface area (Å²) in [5.41, 5.74) is 0.415. The Morgan fingerprint density at radius 1 is 1.14 bits per heavy atom. The first-order chi connectivity index (χ1) is 17.2. The van der Waals surface area contributed by atoms with Crippen LogP contribution in [0.1, 0.15) is 71.6 Å². The number of Topliss-reactive ketones (excluding diaryl/α,β-unsaturated/α-hetero) is 1. The molecule has 0 aliphatic heterocycles. The number of halogens is 1. The first kappa shape index (κ1) is 24.5. The maximum atomic E-state index is 14.1. The van der Waals surface area contributed by atoms with Gasteiger partial charge in [-0.3, -0.25) is 4.79 Å². The van der Waals surface area contributed by atoms with E-state index in [0.717, 1.165) is 58.0 Å². The van der Waals surface area contributed by atoms with E-state index in [9.17, 15) is 14.3 Å². The van der Waals surface area contributed by atoms with E-state index in [2.05, 4.69) is 17.2 Å². The monoisotopic (exact) mass is 497 g/mol. The van der Waals surface area contributed by atoms with Crippen LogP contribution in [0.5, 0.6) is 0 Å². The maximum absolute atomic E-state index is 14.1. The summed E-state index contributed by atoms with van der Waals surface area (Å²) < 4.78 is 21.6. The summed E-state index contributed by atoms with van der Waals surface area (Å²) in [6, 6.07) is 4.81. The number of aliphatic hydroxyl groups is 1. The van der Waals surface area contributed by atoms with E-state index >= 15 is 0 Å². The number of nitrogens with zero attached hydrogens (tertiary/aromatic N) is 3. The highest BCUT2D eigenvalue weighted by atomic mass is 19.1. The van der Waals surface area contributed by atoms with Crippen molar-refractivity contribution in [2.75, 3.05) is 13.7 Å². The third-order valence-corrected chi connectivity index (χ3v) is 11.3. The summed E-state index contributed by atoms with van der Waals surface area (Å²) in [5, 5.41) is 19.0. The van der Waals surface area contributed by atoms with Crippen LogP contribution in [0.15, 0.2) is 18.2 Å². The number of ketones is 1. The normalized spacial score (nSPS) is 42.1. The van der Waals surface area contributed by atoms with E-state index < -0.39 is 11.4 Å². The molecule has 7 heteroatoms. The number of hydrogen-bond acceptors (Lipinski definition) is 5. The smallest absolute Gasteiger partial charge is 0.157 e. The first-order valence-electron chi connectivity index (χ1n) is 13.9. The van der Waals surface area contributed by atoms with Gasteiger partial charge in [-0.1, -0.05) is 18.2 Å². The molecule has 196 valence electrons. The van der Waals surface area contributed by atoms with Crippen molar-refractivity contribution in [2.24, 2.45) is 40.4 Å². The van der Waals surface area contributed by atoms with Crippen LogP contribution in [-0.4, -0.2) is 45.2 Å². The Hall–Kier alpha value is -1.86. The number of aromatic nitrogens is 3. The number of carbonyl (C=O) groups is 1. The van der Waals surface area contributed by atoms with Crippen molar-refractivity contribution >= 4 is 16.8 Å². The highest BCUT2D eigenvalue weighted by Crippen LogP contribution is 2.68. The van der Waals surface area contributed by atoms with E-state index in [-0.39, 0.29) is 34.6 Å². The lowest BCUT2D eigenvalue weighted by molar-refractivity contribution is -0.175. The molecule has 4 aliphatic carbocycles. The summed E-state index contributed by atoms with van der Waals surface area (Å²) in [4.78, 5) is 13.7. The number of ether oxygens (including phenoxy) is 1. The second-order valence-corrected chi connectivity index (χ2v) is 13.0. The molecule has 6 nitrogen and oxygen atoms in total. The van der Waals surface area contributed by atoms with Gasteiger partial charge in [0.1, 0.15) is 12.1 Å². The highest BCUT2D eigenvalue weighted by Gasteiger charge is 2.63. The molecular formula is C29H40FN3O3. The Labute approximate surface area is 213 Å². The van der Waals surface area contributed by atoms with Crippen molar-refractivity contribution in [2.45, 2.75) is 83.8 Å². The van der Waals surface area contributed by atoms with Crippen molar-refractivity contribution in [3.8, 4) is 0 Å². The largest absolute Gasteiger partial charge is 0.390 e. The molecule has 0 bridgehead atoms. The van der Waals surface area contributed by atoms with Crippen LogP contribution in [0.25, 0.3) is 11.0 Å². The zero-order chi connectivity index (χ0) is 25.3. The summed E-state index contributed by atoms with van der Waals surface area (Å²) in [7, 11) is 1.83. The van der Waals surface area contributed by atoms with E-state index in [1.807, 2.05) is 14.0 Å². The van der Waals surface area contributed by atoms with Crippen molar-refractivity contribution in [1.82, 2.24) is 15.0 Å². The fraction of sp³-hybridized carbons (Fsp3) is 0.759. The lowest BCUT2D eigenvalue weighted by atomic mass is 9.43. The molecule has 0 spiro atoms. The summed E-state index contributed by atoms with van der Waals surface area (Å²) in [6.45, 7) is 5.32. The summed E-state index contributed by atoms with van der Waals surface area (Å²) in [5.74, 6) is 2.13. The van der Waals surface area contributed by atoms with Gasteiger partial charge in [-0.25, -0.2) is 9.07 Å². The van der Waals surface area contributed by atoms with Gasteiger partial charge in [0.25, 0.3) is 0 Å². The quantitative estimate of drug-likeness (QED) is 0.616.